The minimum absolute atomic E-state index is 0.181. The molecule has 0 amide bonds. The topological polar surface area (TPSA) is 64.3 Å². The second-order valence-electron chi connectivity index (χ2n) is 9.26. The van der Waals surface area contributed by atoms with E-state index in [1.54, 1.807) is 19.2 Å². The summed E-state index contributed by atoms with van der Waals surface area (Å²) < 4.78 is 40.4. The zero-order chi connectivity index (χ0) is 25.5. The molecule has 4 heterocycles. The van der Waals surface area contributed by atoms with Crippen LogP contribution in [0.2, 0.25) is 0 Å². The molecule has 0 aromatic carbocycles. The second-order valence-corrected chi connectivity index (χ2v) is 9.26. The van der Waals surface area contributed by atoms with Gasteiger partial charge >= 0.3 is 12.1 Å². The first-order valence-electron chi connectivity index (χ1n) is 11.5. The Kier molecular flexibility index (Phi) is 6.79. The van der Waals surface area contributed by atoms with E-state index < -0.39 is 18.7 Å². The summed E-state index contributed by atoms with van der Waals surface area (Å²) in [6.45, 7) is 4.45. The van der Waals surface area contributed by atoms with Crippen LogP contribution in [0.15, 0.2) is 36.7 Å². The third-order valence-corrected chi connectivity index (χ3v) is 6.75. The van der Waals surface area contributed by atoms with E-state index in [0.717, 1.165) is 28.2 Å². The van der Waals surface area contributed by atoms with Gasteiger partial charge in [0, 0.05) is 70.0 Å². The number of aromatic nitrogens is 2. The molecule has 1 unspecified atom stereocenters. The van der Waals surface area contributed by atoms with Crippen LogP contribution in [0.25, 0.3) is 16.6 Å². The molecule has 0 saturated carbocycles. The number of anilines is 1. The van der Waals surface area contributed by atoms with Gasteiger partial charge in [-0.2, -0.15) is 13.2 Å². The molecule has 7 nitrogen and oxygen atoms in total. The number of halogens is 3. The maximum absolute atomic E-state index is 12.8. The number of hydrogen-bond acceptors (Lipinski definition) is 5. The molecule has 35 heavy (non-hydrogen) atoms. The molecule has 4 rings (SSSR count). The molecule has 0 radical (unpaired) electrons. The summed E-state index contributed by atoms with van der Waals surface area (Å²) in [7, 11) is 3.81. The van der Waals surface area contributed by atoms with Gasteiger partial charge in [0.2, 0.25) is 0 Å². The van der Waals surface area contributed by atoms with Gasteiger partial charge in [-0.05, 0) is 49.2 Å². The van der Waals surface area contributed by atoms with Crippen molar-refractivity contribution in [2.45, 2.75) is 26.1 Å². The molecule has 188 valence electrons. The van der Waals surface area contributed by atoms with Gasteiger partial charge in [-0.1, -0.05) is 0 Å². The van der Waals surface area contributed by atoms with Crippen LogP contribution >= 0.6 is 0 Å². The van der Waals surface area contributed by atoms with Crippen molar-refractivity contribution in [2.75, 3.05) is 51.7 Å². The lowest BCUT2D eigenvalue weighted by Gasteiger charge is -2.39. The van der Waals surface area contributed by atoms with Crippen molar-refractivity contribution < 1.29 is 23.1 Å². The van der Waals surface area contributed by atoms with Gasteiger partial charge in [-0.25, -0.2) is 9.78 Å². The van der Waals surface area contributed by atoms with Crippen molar-refractivity contribution in [3.8, 4) is 11.1 Å². The van der Waals surface area contributed by atoms with Crippen LogP contribution in [0.4, 0.5) is 19.0 Å². The largest absolute Gasteiger partial charge is 0.478 e. The zero-order valence-electron chi connectivity index (χ0n) is 20.3. The third kappa shape index (κ3) is 5.13. The summed E-state index contributed by atoms with van der Waals surface area (Å²) in [5.41, 5.74) is 4.28. The molecule has 0 spiro atoms. The predicted octanol–water partition coefficient (Wildman–Crippen LogP) is 4.31. The van der Waals surface area contributed by atoms with Gasteiger partial charge in [0.25, 0.3) is 0 Å². The Bertz CT molecular complexity index is 1230. The van der Waals surface area contributed by atoms with E-state index >= 15 is 0 Å². The molecule has 3 aromatic rings. The normalized spacial score (nSPS) is 16.5. The summed E-state index contributed by atoms with van der Waals surface area (Å²) in [4.78, 5) is 22.0. The molecule has 1 N–H and O–H groups in total. The standard InChI is InChI=1S/C25H30F3N5O2/c1-16-20(24(34)35)14-21-19(18-5-7-29-22(13-18)30(3)4)6-8-33(21)23(16)17(2)32-11-9-31(10-12-32)15-25(26,27)28/h5-8,13-14,17H,9-12,15H2,1-4H3,(H,34,35). The fourth-order valence-electron chi connectivity index (χ4n) is 4.91. The number of aromatic carboxylic acids is 1. The summed E-state index contributed by atoms with van der Waals surface area (Å²) in [5.74, 6) is -0.220. The number of fused-ring (bicyclic) bond motifs is 1. The minimum atomic E-state index is -4.21. The lowest BCUT2D eigenvalue weighted by molar-refractivity contribution is -0.149. The zero-order valence-corrected chi connectivity index (χ0v) is 20.3. The number of carboxylic acids is 1. The van der Waals surface area contributed by atoms with Gasteiger partial charge in [0.1, 0.15) is 5.82 Å². The SMILES string of the molecule is Cc1c(C(=O)O)cc2c(-c3ccnc(N(C)C)c3)ccn2c1C(C)N1CCN(CC(F)(F)F)CC1. The van der Waals surface area contributed by atoms with Gasteiger partial charge < -0.3 is 14.4 Å². The monoisotopic (exact) mass is 489 g/mol. The van der Waals surface area contributed by atoms with Crippen LogP contribution in [-0.4, -0.2) is 83.3 Å². The van der Waals surface area contributed by atoms with Gasteiger partial charge in [-0.3, -0.25) is 9.80 Å². The maximum atomic E-state index is 12.8. The number of pyridine rings is 2. The van der Waals surface area contributed by atoms with Crippen LogP contribution < -0.4 is 4.90 Å². The lowest BCUT2D eigenvalue weighted by atomic mass is 9.99. The maximum Gasteiger partial charge on any atom is 0.401 e. The van der Waals surface area contributed by atoms with Crippen LogP contribution in [0.1, 0.15) is 34.6 Å². The molecule has 3 aromatic heterocycles. The van der Waals surface area contributed by atoms with Crippen LogP contribution in [-0.2, 0) is 0 Å². The predicted molar refractivity (Wildman–Crippen MR) is 129 cm³/mol. The molecule has 1 saturated heterocycles. The molecule has 1 atom stereocenters. The van der Waals surface area contributed by atoms with E-state index in [1.807, 2.05) is 54.7 Å². The Hall–Kier alpha value is -3.11. The summed E-state index contributed by atoms with van der Waals surface area (Å²) >= 11 is 0. The average molecular weight is 490 g/mol. The first kappa shape index (κ1) is 25.0. The van der Waals surface area contributed by atoms with Crippen molar-refractivity contribution >= 4 is 17.3 Å². The number of carboxylic acid groups (broad SMARTS) is 1. The van der Waals surface area contributed by atoms with E-state index in [2.05, 4.69) is 9.88 Å². The highest BCUT2D eigenvalue weighted by molar-refractivity contribution is 5.94. The van der Waals surface area contributed by atoms with Crippen molar-refractivity contribution in [3.63, 3.8) is 0 Å². The van der Waals surface area contributed by atoms with E-state index in [-0.39, 0.29) is 11.6 Å². The first-order chi connectivity index (χ1) is 16.5. The number of nitrogens with zero attached hydrogens (tertiary/aromatic N) is 5. The Balaban J connectivity index is 1.74. The Morgan fingerprint density at radius 3 is 2.46 bits per heavy atom. The molecule has 0 bridgehead atoms. The van der Waals surface area contributed by atoms with E-state index in [1.165, 1.54) is 4.90 Å². The van der Waals surface area contributed by atoms with Crippen molar-refractivity contribution in [1.82, 2.24) is 19.2 Å². The first-order valence-corrected chi connectivity index (χ1v) is 11.5. The quantitative estimate of drug-likeness (QED) is 0.557. The number of alkyl halides is 3. The van der Waals surface area contributed by atoms with Crippen LogP contribution in [0, 0.1) is 6.92 Å². The summed E-state index contributed by atoms with van der Waals surface area (Å²) in [5, 5.41) is 9.95. The van der Waals surface area contributed by atoms with Crippen molar-refractivity contribution in [2.24, 2.45) is 0 Å². The molecule has 1 aliphatic heterocycles. The van der Waals surface area contributed by atoms with Crippen LogP contribution in [0.3, 0.4) is 0 Å². The smallest absolute Gasteiger partial charge is 0.401 e. The molecular weight excluding hydrogens is 459 g/mol. The highest BCUT2D eigenvalue weighted by atomic mass is 19.4. The fourth-order valence-corrected chi connectivity index (χ4v) is 4.91. The number of carbonyl (C=O) groups is 1. The number of rotatable bonds is 6. The molecule has 1 fully saturated rings. The molecule has 10 heteroatoms. The van der Waals surface area contributed by atoms with Crippen LogP contribution in [0.5, 0.6) is 0 Å². The molecular formula is C25H30F3N5O2. The lowest BCUT2D eigenvalue weighted by Crippen LogP contribution is -2.49. The average Bonchev–Trinajstić information content (AvgIpc) is 3.21. The summed E-state index contributed by atoms with van der Waals surface area (Å²) in [6, 6.07) is 7.33. The third-order valence-electron chi connectivity index (χ3n) is 6.75. The fraction of sp³-hybridized carbons (Fsp3) is 0.440. The molecule has 0 aliphatic carbocycles. The van der Waals surface area contributed by atoms with Crippen molar-refractivity contribution in [1.29, 1.82) is 0 Å². The number of piperazine rings is 1. The van der Waals surface area contributed by atoms with E-state index in [9.17, 15) is 23.1 Å². The highest BCUT2D eigenvalue weighted by Crippen LogP contribution is 2.34. The Morgan fingerprint density at radius 1 is 1.17 bits per heavy atom. The van der Waals surface area contributed by atoms with Gasteiger partial charge in [0.15, 0.2) is 0 Å². The second kappa shape index (κ2) is 9.50. The minimum Gasteiger partial charge on any atom is -0.478 e. The van der Waals surface area contributed by atoms with Gasteiger partial charge in [-0.15, -0.1) is 0 Å². The summed E-state index contributed by atoms with van der Waals surface area (Å²) in [6.07, 6.45) is -0.553. The Labute approximate surface area is 202 Å². The van der Waals surface area contributed by atoms with E-state index in [4.69, 9.17) is 0 Å². The molecule has 1 aliphatic rings. The number of hydrogen-bond donors (Lipinski definition) is 1. The van der Waals surface area contributed by atoms with Gasteiger partial charge in [0.05, 0.1) is 17.6 Å². The van der Waals surface area contributed by atoms with Crippen molar-refractivity contribution in [3.05, 3.63) is 53.5 Å². The highest BCUT2D eigenvalue weighted by Gasteiger charge is 2.33. The van der Waals surface area contributed by atoms with E-state index in [0.29, 0.717) is 31.7 Å². The Morgan fingerprint density at radius 2 is 1.86 bits per heavy atom.